The van der Waals surface area contributed by atoms with Gasteiger partial charge in [0.25, 0.3) is 0 Å². The van der Waals surface area contributed by atoms with Crippen molar-refractivity contribution in [2.45, 2.75) is 57.1 Å². The van der Waals surface area contributed by atoms with Gasteiger partial charge in [-0.2, -0.15) is 0 Å². The third kappa shape index (κ3) is 10.3. The number of benzene rings is 5. The number of carbonyl (C=O) groups excluding carboxylic acids is 1. The van der Waals surface area contributed by atoms with E-state index < -0.39 is 36.9 Å². The van der Waals surface area contributed by atoms with Crippen LogP contribution in [0.15, 0.2) is 152 Å². The van der Waals surface area contributed by atoms with Crippen LogP contribution in [0.1, 0.15) is 22.3 Å². The van der Waals surface area contributed by atoms with Crippen molar-refractivity contribution in [1.82, 2.24) is 0 Å². The summed E-state index contributed by atoms with van der Waals surface area (Å²) >= 11 is 0. The Hall–Kier alpha value is -4.83. The molecule has 1 aliphatic heterocycles. The second-order valence-electron chi connectivity index (χ2n) is 11.6. The summed E-state index contributed by atoms with van der Waals surface area (Å²) in [6.07, 6.45) is -5.12. The molecule has 49 heavy (non-hydrogen) atoms. The first-order chi connectivity index (χ1) is 24.2. The number of para-hydroxylation sites is 1. The highest BCUT2D eigenvalue weighted by Gasteiger charge is 2.50. The van der Waals surface area contributed by atoms with Gasteiger partial charge in [-0.15, -0.1) is 0 Å². The van der Waals surface area contributed by atoms with Gasteiger partial charge < -0.3 is 33.2 Å². The minimum Gasteiger partial charge on any atom is -0.401 e. The third-order valence-corrected chi connectivity index (χ3v) is 8.00. The first kappa shape index (κ1) is 34.0. The van der Waals surface area contributed by atoms with E-state index in [-0.39, 0.29) is 19.8 Å². The summed E-state index contributed by atoms with van der Waals surface area (Å²) < 4.78 is 44.0. The van der Waals surface area contributed by atoms with E-state index in [1.165, 1.54) is 0 Å². The number of hydrogen-bond acceptors (Lipinski definition) is 8. The molecule has 1 saturated heterocycles. The van der Waals surface area contributed by atoms with Crippen LogP contribution in [0.25, 0.3) is 0 Å². The highest BCUT2D eigenvalue weighted by Crippen LogP contribution is 2.32. The molecule has 0 saturated carbocycles. The van der Waals surface area contributed by atoms with E-state index in [2.05, 4.69) is 0 Å². The zero-order valence-corrected chi connectivity index (χ0v) is 27.1. The maximum Gasteiger partial charge on any atom is 0.516 e. The Bertz CT molecular complexity index is 1660. The molecule has 1 fully saturated rings. The summed E-state index contributed by atoms with van der Waals surface area (Å²) in [6, 6.07) is 48.1. The van der Waals surface area contributed by atoms with E-state index in [4.69, 9.17) is 33.2 Å². The van der Waals surface area contributed by atoms with E-state index in [1.54, 1.807) is 24.3 Å². The van der Waals surface area contributed by atoms with Gasteiger partial charge in [-0.3, -0.25) is 0 Å². The standard InChI is InChI=1S/C41H40O8/c42-41(47-35-24-14-5-15-25-35)49-40-39(46-29-34-22-12-4-13-23-34)38(45-28-33-20-10-3-11-21-33)37(44-27-32-18-8-2-9-19-32)36(48-40)30-43-26-31-16-6-1-7-17-31/h1-25,36-40H,26-30H2/t36-,37-,38+,39-,40+/m1/s1. The van der Waals surface area contributed by atoms with Gasteiger partial charge >= 0.3 is 6.16 Å². The first-order valence-electron chi connectivity index (χ1n) is 16.4. The van der Waals surface area contributed by atoms with Crippen molar-refractivity contribution < 1.29 is 38.0 Å². The first-order valence-corrected chi connectivity index (χ1v) is 16.4. The molecular formula is C41H40O8. The minimum atomic E-state index is -1.21. The van der Waals surface area contributed by atoms with Crippen molar-refractivity contribution >= 4 is 6.16 Å². The zero-order chi connectivity index (χ0) is 33.5. The normalized spacial score (nSPS) is 20.4. The monoisotopic (exact) mass is 660 g/mol. The SMILES string of the molecule is O=C(Oc1ccccc1)O[C@@H]1O[C@H](COCc2ccccc2)[C@@H](OCc2ccccc2)[C@H](OCc2ccccc2)[C@H]1OCc1ccccc1. The second kappa shape index (κ2) is 18.1. The fourth-order valence-electron chi connectivity index (χ4n) is 5.55. The van der Waals surface area contributed by atoms with E-state index >= 15 is 0 Å². The Labute approximate surface area is 287 Å². The molecule has 0 amide bonds. The topological polar surface area (TPSA) is 81.7 Å². The molecule has 5 aromatic carbocycles. The van der Waals surface area contributed by atoms with Gasteiger partial charge in [-0.25, -0.2) is 4.79 Å². The summed E-state index contributed by atoms with van der Waals surface area (Å²) in [5, 5.41) is 0. The maximum atomic E-state index is 13.2. The van der Waals surface area contributed by atoms with Crippen molar-refractivity contribution in [3.05, 3.63) is 174 Å². The van der Waals surface area contributed by atoms with Crippen LogP contribution in [-0.4, -0.2) is 43.5 Å². The molecule has 8 nitrogen and oxygen atoms in total. The number of carbonyl (C=O) groups is 1. The smallest absolute Gasteiger partial charge is 0.401 e. The van der Waals surface area contributed by atoms with Gasteiger partial charge in [-0.05, 0) is 34.4 Å². The summed E-state index contributed by atoms with van der Waals surface area (Å²) in [5.74, 6) is 0.341. The highest BCUT2D eigenvalue weighted by molar-refractivity contribution is 5.63. The summed E-state index contributed by atoms with van der Waals surface area (Å²) in [7, 11) is 0. The fourth-order valence-corrected chi connectivity index (χ4v) is 5.55. The predicted molar refractivity (Wildman–Crippen MR) is 183 cm³/mol. The van der Waals surface area contributed by atoms with E-state index in [9.17, 15) is 4.79 Å². The van der Waals surface area contributed by atoms with E-state index in [0.29, 0.717) is 19.0 Å². The van der Waals surface area contributed by atoms with Crippen LogP contribution in [0.3, 0.4) is 0 Å². The average Bonchev–Trinajstić information content (AvgIpc) is 3.15. The van der Waals surface area contributed by atoms with Gasteiger partial charge in [0.2, 0.25) is 6.29 Å². The fraction of sp³-hybridized carbons (Fsp3) is 0.244. The summed E-state index contributed by atoms with van der Waals surface area (Å²) in [5.41, 5.74) is 3.90. The maximum absolute atomic E-state index is 13.2. The van der Waals surface area contributed by atoms with Crippen LogP contribution in [0.5, 0.6) is 5.75 Å². The molecular weight excluding hydrogens is 620 g/mol. The van der Waals surface area contributed by atoms with Gasteiger partial charge in [-0.1, -0.05) is 140 Å². The van der Waals surface area contributed by atoms with Crippen molar-refractivity contribution in [3.8, 4) is 5.75 Å². The number of rotatable bonds is 15. The van der Waals surface area contributed by atoms with Crippen molar-refractivity contribution in [2.24, 2.45) is 0 Å². The lowest BCUT2D eigenvalue weighted by Crippen LogP contribution is -2.62. The Morgan fingerprint density at radius 1 is 0.490 bits per heavy atom. The van der Waals surface area contributed by atoms with Gasteiger partial charge in [0, 0.05) is 0 Å². The van der Waals surface area contributed by atoms with Crippen LogP contribution < -0.4 is 4.74 Å². The number of ether oxygens (including phenoxy) is 7. The molecule has 8 heteroatoms. The van der Waals surface area contributed by atoms with Gasteiger partial charge in [0.15, 0.2) is 0 Å². The van der Waals surface area contributed by atoms with Crippen LogP contribution in [0.4, 0.5) is 4.79 Å². The average molecular weight is 661 g/mol. The van der Waals surface area contributed by atoms with Crippen molar-refractivity contribution in [2.75, 3.05) is 6.61 Å². The van der Waals surface area contributed by atoms with Crippen LogP contribution in [0, 0.1) is 0 Å². The Balaban J connectivity index is 1.30. The quantitative estimate of drug-likeness (QED) is 0.0829. The Morgan fingerprint density at radius 2 is 0.898 bits per heavy atom. The molecule has 0 aromatic heterocycles. The van der Waals surface area contributed by atoms with Crippen molar-refractivity contribution in [1.29, 1.82) is 0 Å². The lowest BCUT2D eigenvalue weighted by Gasteiger charge is -2.45. The molecule has 6 rings (SSSR count). The van der Waals surface area contributed by atoms with Crippen LogP contribution in [0.2, 0.25) is 0 Å². The lowest BCUT2D eigenvalue weighted by molar-refractivity contribution is -0.317. The zero-order valence-electron chi connectivity index (χ0n) is 27.1. The molecule has 0 aliphatic carbocycles. The summed E-state index contributed by atoms with van der Waals surface area (Å²) in [6.45, 7) is 1.27. The molecule has 0 spiro atoms. The molecule has 1 heterocycles. The predicted octanol–water partition coefficient (Wildman–Crippen LogP) is 7.90. The molecule has 0 radical (unpaired) electrons. The van der Waals surface area contributed by atoms with E-state index in [1.807, 2.05) is 127 Å². The largest absolute Gasteiger partial charge is 0.516 e. The van der Waals surface area contributed by atoms with Crippen LogP contribution >= 0.6 is 0 Å². The van der Waals surface area contributed by atoms with E-state index in [0.717, 1.165) is 22.3 Å². The molecule has 5 aromatic rings. The van der Waals surface area contributed by atoms with Gasteiger partial charge in [0.1, 0.15) is 30.2 Å². The second-order valence-corrected chi connectivity index (χ2v) is 11.6. The minimum absolute atomic E-state index is 0.137. The third-order valence-electron chi connectivity index (χ3n) is 8.00. The summed E-state index contributed by atoms with van der Waals surface area (Å²) in [4.78, 5) is 13.2. The Kier molecular flexibility index (Phi) is 12.6. The number of hydrogen-bond donors (Lipinski definition) is 0. The lowest BCUT2D eigenvalue weighted by atomic mass is 9.97. The molecule has 0 unspecified atom stereocenters. The highest BCUT2D eigenvalue weighted by atomic mass is 16.8. The molecule has 1 aliphatic rings. The molecule has 0 bridgehead atoms. The van der Waals surface area contributed by atoms with Crippen LogP contribution in [-0.2, 0) is 54.8 Å². The molecule has 5 atom stereocenters. The van der Waals surface area contributed by atoms with Gasteiger partial charge in [0.05, 0.1) is 33.0 Å². The Morgan fingerprint density at radius 3 is 1.39 bits per heavy atom. The van der Waals surface area contributed by atoms with Crippen molar-refractivity contribution in [3.63, 3.8) is 0 Å². The molecule has 252 valence electrons. The molecule has 0 N–H and O–H groups in total.